The van der Waals surface area contributed by atoms with Gasteiger partial charge in [-0.25, -0.2) is 0 Å². The van der Waals surface area contributed by atoms with E-state index in [0.717, 1.165) is 12.0 Å². The van der Waals surface area contributed by atoms with Gasteiger partial charge in [-0.3, -0.25) is 4.79 Å². The van der Waals surface area contributed by atoms with Crippen LogP contribution in [0.15, 0.2) is 24.3 Å². The summed E-state index contributed by atoms with van der Waals surface area (Å²) in [5.41, 5.74) is 1.34. The number of ether oxygens (including phenoxy) is 1. The molecular weight excluding hydrogens is 254 g/mol. The van der Waals surface area contributed by atoms with E-state index in [0.29, 0.717) is 12.2 Å². The molecule has 0 radical (unpaired) electrons. The second-order valence-corrected chi connectivity index (χ2v) is 4.89. The predicted octanol–water partition coefficient (Wildman–Crippen LogP) is 1.28. The highest BCUT2D eigenvalue weighted by Gasteiger charge is 2.30. The normalized spacial score (nSPS) is 21.1. The number of aliphatic hydroxyl groups is 1. The van der Waals surface area contributed by atoms with Gasteiger partial charge in [-0.15, -0.1) is 0 Å². The molecule has 106 valence electrons. The topological polar surface area (TPSA) is 49.8 Å². The van der Waals surface area contributed by atoms with E-state index in [2.05, 4.69) is 11.8 Å². The maximum atomic E-state index is 12.5. The smallest absolute Gasteiger partial charge is 0.253 e. The van der Waals surface area contributed by atoms with Gasteiger partial charge in [0.1, 0.15) is 6.61 Å². The summed E-state index contributed by atoms with van der Waals surface area (Å²) in [5, 5.41) is 8.70. The van der Waals surface area contributed by atoms with E-state index in [1.165, 1.54) is 0 Å². The summed E-state index contributed by atoms with van der Waals surface area (Å²) in [5.74, 6) is 5.37. The third-order valence-corrected chi connectivity index (χ3v) is 3.58. The highest BCUT2D eigenvalue weighted by atomic mass is 16.5. The van der Waals surface area contributed by atoms with Gasteiger partial charge in [-0.05, 0) is 31.5 Å². The van der Waals surface area contributed by atoms with E-state index in [4.69, 9.17) is 9.84 Å². The summed E-state index contributed by atoms with van der Waals surface area (Å²) in [6, 6.07) is 7.28. The minimum absolute atomic E-state index is 0.0278. The third-order valence-electron chi connectivity index (χ3n) is 3.58. The van der Waals surface area contributed by atoms with Gasteiger partial charge in [0.2, 0.25) is 0 Å². The van der Waals surface area contributed by atoms with Crippen LogP contribution in [0.5, 0.6) is 0 Å². The molecule has 4 nitrogen and oxygen atoms in total. The second-order valence-electron chi connectivity index (χ2n) is 4.89. The summed E-state index contributed by atoms with van der Waals surface area (Å²) < 4.78 is 5.51. The number of rotatable bonds is 2. The molecule has 1 saturated heterocycles. The van der Waals surface area contributed by atoms with Crippen molar-refractivity contribution in [2.24, 2.45) is 0 Å². The molecule has 2 unspecified atom stereocenters. The number of nitrogens with zero attached hydrogens (tertiary/aromatic N) is 1. The highest BCUT2D eigenvalue weighted by Crippen LogP contribution is 2.20. The zero-order valence-corrected chi connectivity index (χ0v) is 11.8. The Morgan fingerprint density at radius 1 is 1.55 bits per heavy atom. The Morgan fingerprint density at radius 2 is 2.35 bits per heavy atom. The first-order valence-electron chi connectivity index (χ1n) is 6.72. The minimum atomic E-state index is -0.186. The van der Waals surface area contributed by atoms with Crippen molar-refractivity contribution >= 4 is 5.91 Å². The van der Waals surface area contributed by atoms with Crippen LogP contribution in [0.2, 0.25) is 0 Å². The van der Waals surface area contributed by atoms with E-state index < -0.39 is 0 Å². The maximum Gasteiger partial charge on any atom is 0.253 e. The first-order chi connectivity index (χ1) is 9.63. The molecule has 1 aliphatic rings. The fourth-order valence-electron chi connectivity index (χ4n) is 2.45. The van der Waals surface area contributed by atoms with Crippen LogP contribution in [-0.4, -0.2) is 48.3 Å². The molecule has 1 aliphatic heterocycles. The van der Waals surface area contributed by atoms with Crippen molar-refractivity contribution in [3.05, 3.63) is 35.4 Å². The Labute approximate surface area is 119 Å². The Kier molecular flexibility index (Phi) is 4.78. The first kappa shape index (κ1) is 14.6. The lowest BCUT2D eigenvalue weighted by atomic mass is 10.1. The number of aliphatic hydroxyl groups excluding tert-OH is 1. The van der Waals surface area contributed by atoms with Gasteiger partial charge >= 0.3 is 0 Å². The molecule has 0 aliphatic carbocycles. The van der Waals surface area contributed by atoms with E-state index in [1.54, 1.807) is 23.1 Å². The zero-order chi connectivity index (χ0) is 14.5. The molecule has 20 heavy (non-hydrogen) atoms. The van der Waals surface area contributed by atoms with Crippen LogP contribution in [0, 0.1) is 11.8 Å². The van der Waals surface area contributed by atoms with Crippen molar-refractivity contribution in [2.45, 2.75) is 25.5 Å². The van der Waals surface area contributed by atoms with Gasteiger partial charge in [0.25, 0.3) is 5.91 Å². The summed E-state index contributed by atoms with van der Waals surface area (Å²) in [6.45, 7) is 2.51. The molecule has 1 N–H and O–H groups in total. The SMILES string of the molecule is CC1OCCC1N(C)C(=O)c1cccc(C#CCO)c1. The number of carbonyl (C=O) groups excluding carboxylic acids is 1. The molecule has 1 aromatic rings. The van der Waals surface area contributed by atoms with Crippen molar-refractivity contribution in [1.29, 1.82) is 0 Å². The number of amides is 1. The quantitative estimate of drug-likeness (QED) is 0.826. The lowest BCUT2D eigenvalue weighted by molar-refractivity contribution is 0.0574. The molecule has 4 heteroatoms. The number of benzene rings is 1. The van der Waals surface area contributed by atoms with Crippen LogP contribution < -0.4 is 0 Å². The van der Waals surface area contributed by atoms with Gasteiger partial charge in [0.15, 0.2) is 0 Å². The summed E-state index contributed by atoms with van der Waals surface area (Å²) in [7, 11) is 1.81. The zero-order valence-electron chi connectivity index (χ0n) is 11.8. The van der Waals surface area contributed by atoms with Crippen LogP contribution >= 0.6 is 0 Å². The predicted molar refractivity (Wildman–Crippen MR) is 76.3 cm³/mol. The number of hydrogen-bond acceptors (Lipinski definition) is 3. The molecule has 2 rings (SSSR count). The second kappa shape index (κ2) is 6.56. The number of hydrogen-bond donors (Lipinski definition) is 1. The fourth-order valence-corrected chi connectivity index (χ4v) is 2.45. The van der Waals surface area contributed by atoms with Crippen molar-refractivity contribution in [3.63, 3.8) is 0 Å². The molecule has 1 aromatic carbocycles. The van der Waals surface area contributed by atoms with Crippen LogP contribution in [0.25, 0.3) is 0 Å². The first-order valence-corrected chi connectivity index (χ1v) is 6.72. The van der Waals surface area contributed by atoms with Gasteiger partial charge < -0.3 is 14.7 Å². The molecule has 0 saturated carbocycles. The van der Waals surface area contributed by atoms with Crippen LogP contribution in [0.4, 0.5) is 0 Å². The van der Waals surface area contributed by atoms with Gasteiger partial charge in [0.05, 0.1) is 12.1 Å². The number of likely N-dealkylation sites (N-methyl/N-ethyl adjacent to an activating group) is 1. The van der Waals surface area contributed by atoms with Crippen molar-refractivity contribution in [3.8, 4) is 11.8 Å². The van der Waals surface area contributed by atoms with Crippen LogP contribution in [0.1, 0.15) is 29.3 Å². The Bertz CT molecular complexity index is 544. The molecule has 0 spiro atoms. The maximum absolute atomic E-state index is 12.5. The van der Waals surface area contributed by atoms with Crippen molar-refractivity contribution in [1.82, 2.24) is 4.90 Å². The average Bonchev–Trinajstić information content (AvgIpc) is 2.90. The van der Waals surface area contributed by atoms with Gasteiger partial charge in [-0.2, -0.15) is 0 Å². The molecule has 0 aromatic heterocycles. The summed E-state index contributed by atoms with van der Waals surface area (Å²) in [4.78, 5) is 14.2. The van der Waals surface area contributed by atoms with E-state index in [1.807, 2.05) is 20.0 Å². The van der Waals surface area contributed by atoms with Gasteiger partial charge in [-0.1, -0.05) is 17.9 Å². The molecular formula is C16H19NO3. The number of carbonyl (C=O) groups is 1. The highest BCUT2D eigenvalue weighted by molar-refractivity contribution is 5.94. The van der Waals surface area contributed by atoms with Crippen molar-refractivity contribution < 1.29 is 14.6 Å². The van der Waals surface area contributed by atoms with Gasteiger partial charge in [0, 0.05) is 24.8 Å². The van der Waals surface area contributed by atoms with E-state index in [9.17, 15) is 4.79 Å². The van der Waals surface area contributed by atoms with Crippen molar-refractivity contribution in [2.75, 3.05) is 20.3 Å². The van der Waals surface area contributed by atoms with Crippen LogP contribution in [0.3, 0.4) is 0 Å². The van der Waals surface area contributed by atoms with E-state index in [-0.39, 0.29) is 24.7 Å². The minimum Gasteiger partial charge on any atom is -0.384 e. The lowest BCUT2D eigenvalue weighted by Gasteiger charge is -2.26. The Balaban J connectivity index is 2.16. The lowest BCUT2D eigenvalue weighted by Crippen LogP contribution is -2.41. The average molecular weight is 273 g/mol. The monoisotopic (exact) mass is 273 g/mol. The molecule has 1 heterocycles. The summed E-state index contributed by atoms with van der Waals surface area (Å²) in [6.07, 6.45) is 0.939. The molecule has 2 atom stereocenters. The third kappa shape index (κ3) is 3.19. The molecule has 1 fully saturated rings. The molecule has 0 bridgehead atoms. The Hall–Kier alpha value is -1.83. The fraction of sp³-hybridized carbons (Fsp3) is 0.438. The summed E-state index contributed by atoms with van der Waals surface area (Å²) >= 11 is 0. The van der Waals surface area contributed by atoms with E-state index >= 15 is 0 Å². The largest absolute Gasteiger partial charge is 0.384 e. The Morgan fingerprint density at radius 3 is 3.00 bits per heavy atom. The van der Waals surface area contributed by atoms with Crippen LogP contribution in [-0.2, 0) is 4.74 Å². The standard InChI is InChI=1S/C16H19NO3/c1-12-15(8-10-20-12)17(2)16(19)14-7-3-5-13(11-14)6-4-9-18/h3,5,7,11-12,15,18H,8-10H2,1-2H3. The molecule has 1 amide bonds.